The number of nitrogens with zero attached hydrogens (tertiary/aromatic N) is 2. The first kappa shape index (κ1) is 15.9. The minimum Gasteiger partial charge on any atom is -0.375 e. The second-order valence-electron chi connectivity index (χ2n) is 4.30. The number of hydrogen-bond acceptors (Lipinski definition) is 4. The van der Waals surface area contributed by atoms with Crippen LogP contribution in [0.15, 0.2) is 34.8 Å². The molecule has 112 valence electrons. The van der Waals surface area contributed by atoms with E-state index in [1.54, 1.807) is 6.07 Å². The molecule has 5 nitrogen and oxygen atoms in total. The molecule has 0 bridgehead atoms. The van der Waals surface area contributed by atoms with Crippen molar-refractivity contribution in [3.05, 3.63) is 67.7 Å². The Balaban J connectivity index is 2.30. The first-order chi connectivity index (χ1) is 10.4. The predicted molar refractivity (Wildman–Crippen MR) is 79.2 cm³/mol. The van der Waals surface area contributed by atoms with Crippen LogP contribution in [0.25, 0.3) is 0 Å². The van der Waals surface area contributed by atoms with Gasteiger partial charge in [0.1, 0.15) is 17.3 Å². The SMILES string of the molecule is N#Cc1ccc(NCc2c(F)cc(Br)cc2F)c([N+](=O)[O-])c1. The fourth-order valence-corrected chi connectivity index (χ4v) is 2.23. The maximum Gasteiger partial charge on any atom is 0.293 e. The van der Waals surface area contributed by atoms with Crippen LogP contribution in [-0.4, -0.2) is 4.92 Å². The first-order valence-corrected chi connectivity index (χ1v) is 6.77. The second kappa shape index (κ2) is 6.49. The number of hydrogen-bond donors (Lipinski definition) is 1. The molecule has 0 spiro atoms. The standard InChI is InChI=1S/C14H8BrF2N3O2/c15-9-4-11(16)10(12(17)5-9)7-19-13-2-1-8(6-18)3-14(13)20(21)22/h1-5,19H,7H2. The highest BCUT2D eigenvalue weighted by molar-refractivity contribution is 9.10. The van der Waals surface area contributed by atoms with E-state index in [2.05, 4.69) is 21.2 Å². The summed E-state index contributed by atoms with van der Waals surface area (Å²) in [6.45, 7) is -0.266. The molecule has 0 atom stereocenters. The molecule has 22 heavy (non-hydrogen) atoms. The highest BCUT2D eigenvalue weighted by Crippen LogP contribution is 2.27. The molecule has 0 aromatic heterocycles. The van der Waals surface area contributed by atoms with Gasteiger partial charge in [-0.15, -0.1) is 0 Å². The predicted octanol–water partition coefficient (Wildman–Crippen LogP) is 4.12. The molecule has 0 aliphatic heterocycles. The second-order valence-corrected chi connectivity index (χ2v) is 5.22. The van der Waals surface area contributed by atoms with Crippen LogP contribution in [-0.2, 0) is 6.54 Å². The summed E-state index contributed by atoms with van der Waals surface area (Å²) in [6.07, 6.45) is 0. The zero-order valence-corrected chi connectivity index (χ0v) is 12.5. The Kier molecular flexibility index (Phi) is 4.68. The molecular weight excluding hydrogens is 360 g/mol. The molecule has 0 radical (unpaired) electrons. The largest absolute Gasteiger partial charge is 0.375 e. The molecule has 2 aromatic carbocycles. The van der Waals surface area contributed by atoms with E-state index in [1.807, 2.05) is 0 Å². The third-order valence-corrected chi connectivity index (χ3v) is 3.34. The zero-order chi connectivity index (χ0) is 16.3. The Bertz CT molecular complexity index is 767. The van der Waals surface area contributed by atoms with Gasteiger partial charge in [0.15, 0.2) is 0 Å². The fourth-order valence-electron chi connectivity index (χ4n) is 1.83. The number of halogens is 3. The van der Waals surface area contributed by atoms with Crippen molar-refractivity contribution in [3.8, 4) is 6.07 Å². The summed E-state index contributed by atoms with van der Waals surface area (Å²) in [5.74, 6) is -1.54. The molecule has 0 saturated carbocycles. The van der Waals surface area contributed by atoms with Crippen molar-refractivity contribution in [2.45, 2.75) is 6.54 Å². The van der Waals surface area contributed by atoms with Gasteiger partial charge in [0, 0.05) is 22.6 Å². The van der Waals surface area contributed by atoms with Crippen molar-refractivity contribution in [1.29, 1.82) is 5.26 Å². The van der Waals surface area contributed by atoms with Crippen LogP contribution in [0.3, 0.4) is 0 Å². The number of nitro groups is 1. The van der Waals surface area contributed by atoms with E-state index in [0.29, 0.717) is 0 Å². The van der Waals surface area contributed by atoms with Crippen molar-refractivity contribution >= 4 is 27.3 Å². The lowest BCUT2D eigenvalue weighted by atomic mass is 10.1. The van der Waals surface area contributed by atoms with Gasteiger partial charge < -0.3 is 5.32 Å². The van der Waals surface area contributed by atoms with Gasteiger partial charge in [-0.1, -0.05) is 15.9 Å². The van der Waals surface area contributed by atoms with Crippen LogP contribution in [0.5, 0.6) is 0 Å². The van der Waals surface area contributed by atoms with E-state index in [1.165, 1.54) is 12.1 Å². The van der Waals surface area contributed by atoms with Crippen molar-refractivity contribution < 1.29 is 13.7 Å². The number of nitro benzene ring substituents is 1. The quantitative estimate of drug-likeness (QED) is 0.651. The van der Waals surface area contributed by atoms with E-state index in [-0.39, 0.29) is 33.5 Å². The molecule has 2 rings (SSSR count). The Labute approximate surface area is 132 Å². The topological polar surface area (TPSA) is 79.0 Å². The van der Waals surface area contributed by atoms with Crippen LogP contribution in [0.1, 0.15) is 11.1 Å². The summed E-state index contributed by atoms with van der Waals surface area (Å²) in [7, 11) is 0. The van der Waals surface area contributed by atoms with Crippen molar-refractivity contribution in [3.63, 3.8) is 0 Å². The van der Waals surface area contributed by atoms with Gasteiger partial charge in [0.25, 0.3) is 5.69 Å². The summed E-state index contributed by atoms with van der Waals surface area (Å²) in [6, 6.07) is 7.80. The molecule has 2 aromatic rings. The maximum atomic E-state index is 13.7. The Hall–Kier alpha value is -2.53. The number of nitriles is 1. The van der Waals surface area contributed by atoms with Crippen molar-refractivity contribution in [2.24, 2.45) is 0 Å². The van der Waals surface area contributed by atoms with Crippen LogP contribution >= 0.6 is 15.9 Å². The summed E-state index contributed by atoms with van der Waals surface area (Å²) in [4.78, 5) is 10.3. The normalized spacial score (nSPS) is 10.1. The van der Waals surface area contributed by atoms with Crippen molar-refractivity contribution in [2.75, 3.05) is 5.32 Å². The molecule has 0 heterocycles. The van der Waals surface area contributed by atoms with Crippen molar-refractivity contribution in [1.82, 2.24) is 0 Å². The van der Waals surface area contributed by atoms with Gasteiger partial charge in [0.05, 0.1) is 16.6 Å². The summed E-state index contributed by atoms with van der Waals surface area (Å²) >= 11 is 2.97. The monoisotopic (exact) mass is 367 g/mol. The van der Waals surface area contributed by atoms with Gasteiger partial charge in [0.2, 0.25) is 0 Å². The van der Waals surface area contributed by atoms with E-state index in [9.17, 15) is 18.9 Å². The summed E-state index contributed by atoms with van der Waals surface area (Å²) < 4.78 is 27.7. The third-order valence-electron chi connectivity index (χ3n) is 2.88. The van der Waals surface area contributed by atoms with Crippen LogP contribution in [0, 0.1) is 33.1 Å². The van der Waals surface area contributed by atoms with E-state index in [4.69, 9.17) is 5.26 Å². The van der Waals surface area contributed by atoms with E-state index in [0.717, 1.165) is 18.2 Å². The van der Waals surface area contributed by atoms with Gasteiger partial charge in [-0.2, -0.15) is 5.26 Å². The first-order valence-electron chi connectivity index (χ1n) is 5.98. The minimum absolute atomic E-state index is 0.0747. The molecular formula is C14H8BrF2N3O2. The maximum absolute atomic E-state index is 13.7. The summed E-state index contributed by atoms with van der Waals surface area (Å²) in [5.41, 5.74) is -0.372. The number of nitrogens with one attached hydrogen (secondary N) is 1. The Morgan fingerprint density at radius 3 is 2.45 bits per heavy atom. The fraction of sp³-hybridized carbons (Fsp3) is 0.0714. The van der Waals surface area contributed by atoms with Gasteiger partial charge in [-0.25, -0.2) is 8.78 Å². The molecule has 0 amide bonds. The highest BCUT2D eigenvalue weighted by atomic mass is 79.9. The Morgan fingerprint density at radius 2 is 1.91 bits per heavy atom. The highest BCUT2D eigenvalue weighted by Gasteiger charge is 2.16. The minimum atomic E-state index is -0.768. The lowest BCUT2D eigenvalue weighted by Gasteiger charge is -2.09. The molecule has 0 fully saturated rings. The molecule has 0 saturated heterocycles. The number of benzene rings is 2. The molecule has 1 N–H and O–H groups in total. The number of anilines is 1. The molecule has 8 heteroatoms. The smallest absolute Gasteiger partial charge is 0.293 e. The van der Waals surface area contributed by atoms with Gasteiger partial charge in [-0.05, 0) is 24.3 Å². The van der Waals surface area contributed by atoms with E-state index >= 15 is 0 Å². The van der Waals surface area contributed by atoms with Crippen LogP contribution < -0.4 is 5.32 Å². The lowest BCUT2D eigenvalue weighted by Crippen LogP contribution is -2.06. The molecule has 0 aliphatic rings. The average molecular weight is 368 g/mol. The lowest BCUT2D eigenvalue weighted by molar-refractivity contribution is -0.384. The number of rotatable bonds is 4. The van der Waals surface area contributed by atoms with Crippen LogP contribution in [0.4, 0.5) is 20.2 Å². The Morgan fingerprint density at radius 1 is 1.27 bits per heavy atom. The third kappa shape index (κ3) is 3.38. The molecule has 0 aliphatic carbocycles. The zero-order valence-electron chi connectivity index (χ0n) is 10.9. The van der Waals surface area contributed by atoms with Crippen LogP contribution in [0.2, 0.25) is 0 Å². The molecule has 0 unspecified atom stereocenters. The van der Waals surface area contributed by atoms with Gasteiger partial charge in [-0.3, -0.25) is 10.1 Å². The van der Waals surface area contributed by atoms with E-state index < -0.39 is 16.6 Å². The van der Waals surface area contributed by atoms with Gasteiger partial charge >= 0.3 is 0 Å². The average Bonchev–Trinajstić information content (AvgIpc) is 2.46. The summed E-state index contributed by atoms with van der Waals surface area (Å²) in [5, 5.41) is 22.3.